The summed E-state index contributed by atoms with van der Waals surface area (Å²) in [7, 11) is -3.60. The van der Waals surface area contributed by atoms with E-state index in [9.17, 15) is 13.2 Å². The van der Waals surface area contributed by atoms with Crippen LogP contribution in [0, 0.1) is 20.8 Å². The van der Waals surface area contributed by atoms with Gasteiger partial charge in [-0.15, -0.1) is 0 Å². The zero-order valence-electron chi connectivity index (χ0n) is 17.7. The second kappa shape index (κ2) is 10.2. The molecular weight excluding hydrogens is 404 g/mol. The fourth-order valence-electron chi connectivity index (χ4n) is 3.16. The maximum Gasteiger partial charge on any atom is 0.243 e. The van der Waals surface area contributed by atoms with Gasteiger partial charge in [0, 0.05) is 18.1 Å². The van der Waals surface area contributed by atoms with Gasteiger partial charge in [-0.1, -0.05) is 35.9 Å². The molecule has 0 saturated carbocycles. The second-order valence-corrected chi connectivity index (χ2v) is 10.4. The van der Waals surface area contributed by atoms with Gasteiger partial charge in [-0.05, 0) is 56.5 Å². The molecule has 1 amide bonds. The molecule has 5 nitrogen and oxygen atoms in total. The van der Waals surface area contributed by atoms with Crippen LogP contribution in [0.2, 0.25) is 0 Å². The van der Waals surface area contributed by atoms with Gasteiger partial charge >= 0.3 is 0 Å². The third kappa shape index (κ3) is 7.08. The number of sulfonamides is 1. The van der Waals surface area contributed by atoms with E-state index >= 15 is 0 Å². The Morgan fingerprint density at radius 3 is 2.17 bits per heavy atom. The summed E-state index contributed by atoms with van der Waals surface area (Å²) in [5, 5.41) is 2.86. The van der Waals surface area contributed by atoms with Crippen LogP contribution in [0.15, 0.2) is 42.5 Å². The van der Waals surface area contributed by atoms with Gasteiger partial charge in [0.05, 0.1) is 11.9 Å². The van der Waals surface area contributed by atoms with Crippen LogP contribution in [0.4, 0.5) is 5.69 Å². The molecule has 2 aromatic rings. The molecule has 1 atom stereocenters. The van der Waals surface area contributed by atoms with Crippen molar-refractivity contribution in [2.45, 2.75) is 39.5 Å². The van der Waals surface area contributed by atoms with Crippen molar-refractivity contribution < 1.29 is 13.2 Å². The number of hydrogen-bond donors (Lipinski definition) is 1. The van der Waals surface area contributed by atoms with Gasteiger partial charge in [0.25, 0.3) is 0 Å². The highest BCUT2D eigenvalue weighted by Gasteiger charge is 2.29. The third-order valence-electron chi connectivity index (χ3n) is 4.48. The van der Waals surface area contributed by atoms with Crippen molar-refractivity contribution in [3.63, 3.8) is 0 Å². The first-order chi connectivity index (χ1) is 13.6. The first-order valence-corrected chi connectivity index (χ1v) is 12.6. The highest BCUT2D eigenvalue weighted by Crippen LogP contribution is 2.24. The second-order valence-electron chi connectivity index (χ2n) is 7.41. The number of nitrogens with zero attached hydrogens (tertiary/aromatic N) is 1. The van der Waals surface area contributed by atoms with Gasteiger partial charge in [-0.3, -0.25) is 9.10 Å². The summed E-state index contributed by atoms with van der Waals surface area (Å²) in [6.07, 6.45) is 1.13. The zero-order chi connectivity index (χ0) is 21.6. The van der Waals surface area contributed by atoms with E-state index in [2.05, 4.69) is 36.5 Å². The first kappa shape index (κ1) is 23.3. The summed E-state index contributed by atoms with van der Waals surface area (Å²) in [6.45, 7) is 7.99. The van der Waals surface area contributed by atoms with Crippen LogP contribution in [0.5, 0.6) is 0 Å². The fraction of sp³-hybridized carbons (Fsp3) is 0.409. The molecule has 158 valence electrons. The minimum absolute atomic E-state index is 0.300. The largest absolute Gasteiger partial charge is 0.353 e. The van der Waals surface area contributed by atoms with Crippen LogP contribution >= 0.6 is 11.8 Å². The smallest absolute Gasteiger partial charge is 0.243 e. The van der Waals surface area contributed by atoms with Crippen LogP contribution in [0.3, 0.4) is 0 Å². The molecule has 2 rings (SSSR count). The summed E-state index contributed by atoms with van der Waals surface area (Å²) in [5.41, 5.74) is 4.90. The standard InChI is InChI=1S/C22H30N2O3S2/c1-16-6-8-20(9-7-16)15-28-11-10-23-22(25)19(4)24(29(5,26)27)21-13-17(2)12-18(3)14-21/h6-9,12-14,19H,10-11,15H2,1-5H3,(H,23,25)/t19-/m1/s1. The Morgan fingerprint density at radius 1 is 1.03 bits per heavy atom. The molecule has 0 radical (unpaired) electrons. The van der Waals surface area contributed by atoms with Crippen molar-refractivity contribution in [2.24, 2.45) is 0 Å². The molecule has 1 N–H and O–H groups in total. The molecule has 0 aliphatic rings. The number of hydrogen-bond acceptors (Lipinski definition) is 4. The lowest BCUT2D eigenvalue weighted by Crippen LogP contribution is -2.48. The minimum Gasteiger partial charge on any atom is -0.353 e. The first-order valence-electron chi connectivity index (χ1n) is 9.56. The predicted octanol–water partition coefficient (Wildman–Crippen LogP) is 3.82. The molecule has 0 aromatic heterocycles. The third-order valence-corrected chi connectivity index (χ3v) is 6.76. The summed E-state index contributed by atoms with van der Waals surface area (Å²) in [4.78, 5) is 12.6. The van der Waals surface area contributed by atoms with E-state index in [0.29, 0.717) is 12.2 Å². The molecular formula is C22H30N2O3S2. The summed E-state index contributed by atoms with van der Waals surface area (Å²) < 4.78 is 26.0. The van der Waals surface area contributed by atoms with Crippen LogP contribution in [0.1, 0.15) is 29.2 Å². The van der Waals surface area contributed by atoms with Gasteiger partial charge in [-0.25, -0.2) is 8.42 Å². The van der Waals surface area contributed by atoms with E-state index in [1.165, 1.54) is 15.4 Å². The number of benzene rings is 2. The molecule has 0 spiro atoms. The van der Waals surface area contributed by atoms with Crippen molar-refractivity contribution >= 4 is 33.4 Å². The van der Waals surface area contributed by atoms with Crippen LogP contribution in [0.25, 0.3) is 0 Å². The number of nitrogens with one attached hydrogen (secondary N) is 1. The normalized spacial score (nSPS) is 12.4. The maximum absolute atomic E-state index is 12.6. The van der Waals surface area contributed by atoms with Crippen molar-refractivity contribution in [1.82, 2.24) is 5.32 Å². The molecule has 2 aromatic carbocycles. The average molecular weight is 435 g/mol. The van der Waals surface area contributed by atoms with Crippen molar-refractivity contribution in [1.29, 1.82) is 0 Å². The Hall–Kier alpha value is -1.99. The lowest BCUT2D eigenvalue weighted by Gasteiger charge is -2.28. The van der Waals surface area contributed by atoms with Gasteiger partial charge in [0.15, 0.2) is 0 Å². The molecule has 0 heterocycles. The number of amides is 1. The number of aryl methyl sites for hydroxylation is 3. The maximum atomic E-state index is 12.6. The Balaban J connectivity index is 1.94. The van der Waals surface area contributed by atoms with Gasteiger partial charge in [-0.2, -0.15) is 11.8 Å². The molecule has 0 unspecified atom stereocenters. The van der Waals surface area contributed by atoms with Crippen molar-refractivity contribution in [3.8, 4) is 0 Å². The van der Waals surface area contributed by atoms with E-state index in [-0.39, 0.29) is 5.91 Å². The summed E-state index contributed by atoms with van der Waals surface area (Å²) >= 11 is 1.73. The molecule has 29 heavy (non-hydrogen) atoms. The topological polar surface area (TPSA) is 66.5 Å². The fourth-order valence-corrected chi connectivity index (χ4v) is 5.13. The van der Waals surface area contributed by atoms with Crippen LogP contribution < -0.4 is 9.62 Å². The van der Waals surface area contributed by atoms with Gasteiger partial charge in [0.2, 0.25) is 15.9 Å². The highest BCUT2D eigenvalue weighted by molar-refractivity contribution is 7.98. The summed E-state index contributed by atoms with van der Waals surface area (Å²) in [6, 6.07) is 13.1. The van der Waals surface area contributed by atoms with Gasteiger partial charge in [0.1, 0.15) is 6.04 Å². The highest BCUT2D eigenvalue weighted by atomic mass is 32.2. The number of thioether (sulfide) groups is 1. The molecule has 7 heteroatoms. The number of anilines is 1. The van der Waals surface area contributed by atoms with E-state index in [1.54, 1.807) is 30.8 Å². The van der Waals surface area contributed by atoms with E-state index < -0.39 is 16.1 Å². The lowest BCUT2D eigenvalue weighted by molar-refractivity contribution is -0.121. The monoisotopic (exact) mass is 434 g/mol. The molecule has 0 saturated heterocycles. The number of carbonyl (C=O) groups is 1. The van der Waals surface area contributed by atoms with Crippen LogP contribution in [-0.4, -0.2) is 38.9 Å². The zero-order valence-corrected chi connectivity index (χ0v) is 19.4. The van der Waals surface area contributed by atoms with Gasteiger partial charge < -0.3 is 5.32 Å². The minimum atomic E-state index is -3.60. The van der Waals surface area contributed by atoms with Crippen molar-refractivity contribution in [3.05, 3.63) is 64.7 Å². The molecule has 0 aliphatic carbocycles. The van der Waals surface area contributed by atoms with E-state index in [0.717, 1.165) is 28.9 Å². The summed E-state index contributed by atoms with van der Waals surface area (Å²) in [5.74, 6) is 1.34. The Kier molecular flexibility index (Phi) is 8.16. The quantitative estimate of drug-likeness (QED) is 0.610. The van der Waals surface area contributed by atoms with E-state index in [1.807, 2.05) is 19.9 Å². The SMILES string of the molecule is Cc1ccc(CSCCNC(=O)[C@@H](C)N(c2cc(C)cc(C)c2)S(C)(=O)=O)cc1. The Bertz CT molecular complexity index is 921. The number of carbonyl (C=O) groups excluding carboxylic acids is 1. The number of rotatable bonds is 9. The molecule has 0 bridgehead atoms. The Morgan fingerprint density at radius 2 is 1.62 bits per heavy atom. The lowest BCUT2D eigenvalue weighted by atomic mass is 10.1. The van der Waals surface area contributed by atoms with Crippen LogP contribution in [-0.2, 0) is 20.6 Å². The predicted molar refractivity (Wildman–Crippen MR) is 123 cm³/mol. The molecule has 0 fully saturated rings. The van der Waals surface area contributed by atoms with E-state index in [4.69, 9.17) is 0 Å². The van der Waals surface area contributed by atoms with Crippen molar-refractivity contribution in [2.75, 3.05) is 22.9 Å². The molecule has 0 aliphatic heterocycles. The average Bonchev–Trinajstić information content (AvgIpc) is 2.61. The Labute approximate surface area is 178 Å².